The zero-order valence-corrected chi connectivity index (χ0v) is 9.85. The summed E-state index contributed by atoms with van der Waals surface area (Å²) in [4.78, 5) is 4.48. The molecule has 1 aromatic rings. The van der Waals surface area contributed by atoms with Crippen LogP contribution >= 0.6 is 0 Å². The SMILES string of the molecule is [CH2-]N1CCN(c2ccccc2OCC)CC1. The number of hydrogen-bond acceptors (Lipinski definition) is 3. The molecule has 1 aromatic carbocycles. The van der Waals surface area contributed by atoms with Crippen LogP contribution in [-0.4, -0.2) is 37.7 Å². The molecular weight excluding hydrogens is 200 g/mol. The molecular formula is C13H19N2O-. The molecule has 1 heterocycles. The summed E-state index contributed by atoms with van der Waals surface area (Å²) in [5.41, 5.74) is 1.21. The van der Waals surface area contributed by atoms with E-state index in [0.717, 1.165) is 31.9 Å². The van der Waals surface area contributed by atoms with E-state index in [9.17, 15) is 0 Å². The lowest BCUT2D eigenvalue weighted by molar-refractivity contribution is 0.328. The van der Waals surface area contributed by atoms with Crippen molar-refractivity contribution < 1.29 is 4.74 Å². The highest BCUT2D eigenvalue weighted by Gasteiger charge is 2.14. The van der Waals surface area contributed by atoms with Crippen molar-refractivity contribution in [2.24, 2.45) is 0 Å². The number of piperazine rings is 1. The maximum atomic E-state index is 5.65. The van der Waals surface area contributed by atoms with Crippen LogP contribution in [0.2, 0.25) is 0 Å². The summed E-state index contributed by atoms with van der Waals surface area (Å²) in [6, 6.07) is 8.25. The first-order valence-electron chi connectivity index (χ1n) is 5.83. The Balaban J connectivity index is 2.13. The van der Waals surface area contributed by atoms with E-state index in [2.05, 4.69) is 29.0 Å². The third-order valence-corrected chi connectivity index (χ3v) is 2.88. The van der Waals surface area contributed by atoms with Gasteiger partial charge in [0.05, 0.1) is 12.3 Å². The average Bonchev–Trinajstić information content (AvgIpc) is 2.32. The van der Waals surface area contributed by atoms with Gasteiger partial charge in [0.25, 0.3) is 0 Å². The Kier molecular flexibility index (Phi) is 3.67. The topological polar surface area (TPSA) is 15.7 Å². The van der Waals surface area contributed by atoms with Gasteiger partial charge in [-0.3, -0.25) is 7.05 Å². The molecule has 0 N–H and O–H groups in total. The molecule has 0 radical (unpaired) electrons. The number of nitrogens with zero attached hydrogens (tertiary/aromatic N) is 2. The van der Waals surface area contributed by atoms with Gasteiger partial charge in [-0.1, -0.05) is 12.1 Å². The van der Waals surface area contributed by atoms with Crippen molar-refractivity contribution in [1.29, 1.82) is 0 Å². The fourth-order valence-corrected chi connectivity index (χ4v) is 1.98. The molecule has 0 aromatic heterocycles. The minimum absolute atomic E-state index is 0.715. The monoisotopic (exact) mass is 219 g/mol. The molecule has 3 nitrogen and oxygen atoms in total. The maximum Gasteiger partial charge on any atom is 0.142 e. The Morgan fingerprint density at radius 3 is 2.56 bits per heavy atom. The molecule has 0 saturated carbocycles. The first-order valence-corrected chi connectivity index (χ1v) is 5.83. The summed E-state index contributed by atoms with van der Waals surface area (Å²) in [7, 11) is 3.96. The second-order valence-corrected chi connectivity index (χ2v) is 4.01. The molecule has 1 aliphatic heterocycles. The summed E-state index contributed by atoms with van der Waals surface area (Å²) in [6.45, 7) is 6.80. The van der Waals surface area contributed by atoms with Crippen LogP contribution in [0.4, 0.5) is 5.69 Å². The summed E-state index contributed by atoms with van der Waals surface area (Å²) < 4.78 is 5.65. The van der Waals surface area contributed by atoms with Crippen LogP contribution in [-0.2, 0) is 0 Å². The van der Waals surface area contributed by atoms with E-state index < -0.39 is 0 Å². The Bertz CT molecular complexity index is 332. The van der Waals surface area contributed by atoms with Gasteiger partial charge in [0.1, 0.15) is 5.75 Å². The van der Waals surface area contributed by atoms with E-state index in [1.807, 2.05) is 19.1 Å². The lowest BCUT2D eigenvalue weighted by Gasteiger charge is -2.38. The van der Waals surface area contributed by atoms with E-state index in [0.29, 0.717) is 6.61 Å². The minimum atomic E-state index is 0.715. The number of benzene rings is 1. The molecule has 0 aliphatic carbocycles. The normalized spacial score (nSPS) is 17.5. The lowest BCUT2D eigenvalue weighted by Crippen LogP contribution is -2.43. The summed E-state index contributed by atoms with van der Waals surface area (Å²) in [5.74, 6) is 0.988. The van der Waals surface area contributed by atoms with Gasteiger partial charge in [-0.15, -0.1) is 0 Å². The molecule has 1 aliphatic rings. The smallest absolute Gasteiger partial charge is 0.142 e. The molecule has 0 amide bonds. The number of rotatable bonds is 3. The van der Waals surface area contributed by atoms with Crippen molar-refractivity contribution in [2.45, 2.75) is 6.92 Å². The Morgan fingerprint density at radius 2 is 1.88 bits per heavy atom. The van der Waals surface area contributed by atoms with Gasteiger partial charge in [-0.05, 0) is 32.1 Å². The predicted octanol–water partition coefficient (Wildman–Crippen LogP) is 2.00. The molecule has 16 heavy (non-hydrogen) atoms. The van der Waals surface area contributed by atoms with Gasteiger partial charge in [-0.2, -0.15) is 0 Å². The van der Waals surface area contributed by atoms with Gasteiger partial charge < -0.3 is 14.5 Å². The van der Waals surface area contributed by atoms with Gasteiger partial charge in [0.2, 0.25) is 0 Å². The molecule has 0 bridgehead atoms. The van der Waals surface area contributed by atoms with Gasteiger partial charge in [0, 0.05) is 13.1 Å². The van der Waals surface area contributed by atoms with E-state index in [4.69, 9.17) is 4.74 Å². The number of hydrogen-bond donors (Lipinski definition) is 0. The van der Waals surface area contributed by atoms with Crippen LogP contribution in [0.25, 0.3) is 0 Å². The van der Waals surface area contributed by atoms with E-state index in [-0.39, 0.29) is 0 Å². The highest BCUT2D eigenvalue weighted by molar-refractivity contribution is 5.58. The van der Waals surface area contributed by atoms with Crippen LogP contribution in [0.15, 0.2) is 24.3 Å². The van der Waals surface area contributed by atoms with Crippen molar-refractivity contribution in [3.8, 4) is 5.75 Å². The van der Waals surface area contributed by atoms with Gasteiger partial charge in [0.15, 0.2) is 0 Å². The van der Waals surface area contributed by atoms with Crippen LogP contribution in [0.5, 0.6) is 5.75 Å². The van der Waals surface area contributed by atoms with E-state index in [1.54, 1.807) is 0 Å². The van der Waals surface area contributed by atoms with Crippen molar-refractivity contribution in [3.05, 3.63) is 31.3 Å². The zero-order chi connectivity index (χ0) is 11.4. The van der Waals surface area contributed by atoms with Crippen molar-refractivity contribution in [2.75, 3.05) is 37.7 Å². The molecule has 0 spiro atoms. The standard InChI is InChI=1S/C13H19N2O/c1-3-16-13-7-5-4-6-12(13)15-10-8-14(2)9-11-15/h4-7H,2-3,8-11H2,1H3/q-1. The Labute approximate surface area is 97.6 Å². The van der Waals surface area contributed by atoms with Crippen LogP contribution < -0.4 is 9.64 Å². The van der Waals surface area contributed by atoms with Crippen LogP contribution in [0, 0.1) is 7.05 Å². The highest BCUT2D eigenvalue weighted by atomic mass is 16.5. The quantitative estimate of drug-likeness (QED) is 0.723. The Morgan fingerprint density at radius 1 is 1.19 bits per heavy atom. The van der Waals surface area contributed by atoms with E-state index >= 15 is 0 Å². The van der Waals surface area contributed by atoms with E-state index in [1.165, 1.54) is 5.69 Å². The molecule has 3 heteroatoms. The third-order valence-electron chi connectivity index (χ3n) is 2.88. The molecule has 88 valence electrons. The summed E-state index contributed by atoms with van der Waals surface area (Å²) >= 11 is 0. The summed E-state index contributed by atoms with van der Waals surface area (Å²) in [5, 5.41) is 0. The minimum Gasteiger partial charge on any atom is -0.492 e. The molecule has 2 rings (SSSR count). The first-order chi connectivity index (χ1) is 7.81. The van der Waals surface area contributed by atoms with Crippen LogP contribution in [0.1, 0.15) is 6.92 Å². The molecule has 0 unspecified atom stereocenters. The number of ether oxygens (including phenoxy) is 1. The van der Waals surface area contributed by atoms with Crippen LogP contribution in [0.3, 0.4) is 0 Å². The predicted molar refractivity (Wildman–Crippen MR) is 66.8 cm³/mol. The fourth-order valence-electron chi connectivity index (χ4n) is 1.98. The number of para-hydroxylation sites is 2. The summed E-state index contributed by atoms with van der Waals surface area (Å²) in [6.07, 6.45) is 0. The molecule has 0 atom stereocenters. The van der Waals surface area contributed by atoms with Gasteiger partial charge >= 0.3 is 0 Å². The first kappa shape index (κ1) is 11.3. The Hall–Kier alpha value is -1.22. The zero-order valence-electron chi connectivity index (χ0n) is 9.85. The maximum absolute atomic E-state index is 5.65. The highest BCUT2D eigenvalue weighted by Crippen LogP contribution is 2.28. The molecule has 1 saturated heterocycles. The third kappa shape index (κ3) is 2.47. The van der Waals surface area contributed by atoms with Crippen molar-refractivity contribution in [3.63, 3.8) is 0 Å². The van der Waals surface area contributed by atoms with Crippen molar-refractivity contribution in [1.82, 2.24) is 4.90 Å². The second kappa shape index (κ2) is 5.21. The second-order valence-electron chi connectivity index (χ2n) is 4.01. The fraction of sp³-hybridized carbons (Fsp3) is 0.462. The lowest BCUT2D eigenvalue weighted by atomic mass is 10.2. The number of anilines is 1. The van der Waals surface area contributed by atoms with Gasteiger partial charge in [-0.25, -0.2) is 0 Å². The average molecular weight is 219 g/mol. The molecule has 1 fully saturated rings. The van der Waals surface area contributed by atoms with Crippen molar-refractivity contribution >= 4 is 5.69 Å². The largest absolute Gasteiger partial charge is 0.492 e.